The SMILES string of the molecule is CCNC(=O)N(C)[C@@H]1CCCNC1. The molecule has 1 saturated heterocycles. The number of hydrogen-bond donors (Lipinski definition) is 2. The molecule has 76 valence electrons. The van der Waals surface area contributed by atoms with Crippen molar-refractivity contribution in [3.63, 3.8) is 0 Å². The predicted octanol–water partition coefficient (Wildman–Crippen LogP) is 0.400. The van der Waals surface area contributed by atoms with Crippen LogP contribution in [0.1, 0.15) is 19.8 Å². The van der Waals surface area contributed by atoms with Crippen LogP contribution >= 0.6 is 0 Å². The number of rotatable bonds is 2. The molecular weight excluding hydrogens is 166 g/mol. The van der Waals surface area contributed by atoms with E-state index in [9.17, 15) is 4.79 Å². The zero-order valence-corrected chi connectivity index (χ0v) is 8.47. The fourth-order valence-electron chi connectivity index (χ4n) is 1.61. The van der Waals surface area contributed by atoms with E-state index in [1.165, 1.54) is 0 Å². The number of urea groups is 1. The molecule has 0 unspecified atom stereocenters. The quantitative estimate of drug-likeness (QED) is 0.654. The van der Waals surface area contributed by atoms with Gasteiger partial charge in [-0.3, -0.25) is 0 Å². The number of amides is 2. The zero-order chi connectivity index (χ0) is 9.68. The Hall–Kier alpha value is -0.770. The van der Waals surface area contributed by atoms with Gasteiger partial charge < -0.3 is 15.5 Å². The van der Waals surface area contributed by atoms with Gasteiger partial charge in [0.2, 0.25) is 0 Å². The van der Waals surface area contributed by atoms with Gasteiger partial charge in [-0.15, -0.1) is 0 Å². The maximum Gasteiger partial charge on any atom is 0.317 e. The van der Waals surface area contributed by atoms with Crippen molar-refractivity contribution < 1.29 is 4.79 Å². The standard InChI is InChI=1S/C9H19N3O/c1-3-11-9(13)12(2)8-5-4-6-10-7-8/h8,10H,3-7H2,1-2H3,(H,11,13)/t8-/m1/s1. The van der Waals surface area contributed by atoms with Crippen LogP contribution < -0.4 is 10.6 Å². The van der Waals surface area contributed by atoms with Gasteiger partial charge in [-0.25, -0.2) is 4.79 Å². The Morgan fingerprint density at radius 1 is 1.69 bits per heavy atom. The van der Waals surface area contributed by atoms with Crippen molar-refractivity contribution in [1.82, 2.24) is 15.5 Å². The highest BCUT2D eigenvalue weighted by molar-refractivity contribution is 5.74. The summed E-state index contributed by atoms with van der Waals surface area (Å²) in [6, 6.07) is 0.400. The minimum absolute atomic E-state index is 0.0381. The van der Waals surface area contributed by atoms with Crippen LogP contribution in [-0.4, -0.2) is 43.7 Å². The van der Waals surface area contributed by atoms with Crippen molar-refractivity contribution in [2.45, 2.75) is 25.8 Å². The van der Waals surface area contributed by atoms with Crippen LogP contribution in [0.3, 0.4) is 0 Å². The summed E-state index contributed by atoms with van der Waals surface area (Å²) >= 11 is 0. The van der Waals surface area contributed by atoms with E-state index in [4.69, 9.17) is 0 Å². The van der Waals surface area contributed by atoms with E-state index >= 15 is 0 Å². The van der Waals surface area contributed by atoms with Crippen LogP contribution in [0.15, 0.2) is 0 Å². The number of hydrogen-bond acceptors (Lipinski definition) is 2. The number of nitrogens with zero attached hydrogens (tertiary/aromatic N) is 1. The van der Waals surface area contributed by atoms with Gasteiger partial charge >= 0.3 is 6.03 Å². The minimum Gasteiger partial charge on any atom is -0.338 e. The van der Waals surface area contributed by atoms with Crippen molar-refractivity contribution in [3.05, 3.63) is 0 Å². The fraction of sp³-hybridized carbons (Fsp3) is 0.889. The molecule has 0 aromatic heterocycles. The first kappa shape index (κ1) is 10.3. The van der Waals surface area contributed by atoms with E-state index in [0.29, 0.717) is 12.6 Å². The first-order valence-electron chi connectivity index (χ1n) is 4.97. The summed E-state index contributed by atoms with van der Waals surface area (Å²) in [4.78, 5) is 13.2. The Morgan fingerprint density at radius 3 is 3.00 bits per heavy atom. The number of carbonyl (C=O) groups is 1. The van der Waals surface area contributed by atoms with Crippen molar-refractivity contribution in [2.75, 3.05) is 26.7 Å². The highest BCUT2D eigenvalue weighted by Gasteiger charge is 2.20. The molecule has 1 aliphatic heterocycles. The summed E-state index contributed by atoms with van der Waals surface area (Å²) in [7, 11) is 1.86. The van der Waals surface area contributed by atoms with Crippen LogP contribution in [0.4, 0.5) is 4.79 Å². The van der Waals surface area contributed by atoms with E-state index < -0.39 is 0 Å². The predicted molar refractivity (Wildman–Crippen MR) is 52.7 cm³/mol. The van der Waals surface area contributed by atoms with Crippen molar-refractivity contribution in [2.24, 2.45) is 0 Å². The molecule has 0 spiro atoms. The maximum atomic E-state index is 11.4. The fourth-order valence-corrected chi connectivity index (χ4v) is 1.61. The molecule has 1 heterocycles. The lowest BCUT2D eigenvalue weighted by Gasteiger charge is -2.31. The molecule has 2 amide bonds. The van der Waals surface area contributed by atoms with Crippen LogP contribution in [-0.2, 0) is 0 Å². The van der Waals surface area contributed by atoms with Gasteiger partial charge in [-0.1, -0.05) is 0 Å². The van der Waals surface area contributed by atoms with E-state index in [0.717, 1.165) is 25.9 Å². The molecule has 0 saturated carbocycles. The van der Waals surface area contributed by atoms with E-state index in [-0.39, 0.29) is 6.03 Å². The third kappa shape index (κ3) is 2.88. The number of likely N-dealkylation sites (N-methyl/N-ethyl adjacent to an activating group) is 1. The summed E-state index contributed by atoms with van der Waals surface area (Å²) in [5, 5.41) is 6.09. The second-order valence-electron chi connectivity index (χ2n) is 3.45. The van der Waals surface area contributed by atoms with Crippen LogP contribution in [0.2, 0.25) is 0 Å². The molecule has 0 aliphatic carbocycles. The van der Waals surface area contributed by atoms with Gasteiger partial charge in [0.25, 0.3) is 0 Å². The molecule has 0 aromatic carbocycles. The average molecular weight is 185 g/mol. The molecule has 1 aliphatic rings. The lowest BCUT2D eigenvalue weighted by atomic mass is 10.1. The lowest BCUT2D eigenvalue weighted by Crippen LogP contribution is -2.50. The minimum atomic E-state index is 0.0381. The molecule has 4 heteroatoms. The summed E-state index contributed by atoms with van der Waals surface area (Å²) < 4.78 is 0. The molecule has 1 atom stereocenters. The van der Waals surface area contributed by atoms with Gasteiger partial charge in [0, 0.05) is 26.2 Å². The average Bonchev–Trinajstić information content (AvgIpc) is 2.18. The number of piperidine rings is 1. The topological polar surface area (TPSA) is 44.4 Å². The van der Waals surface area contributed by atoms with Gasteiger partial charge in [0.15, 0.2) is 0 Å². The zero-order valence-electron chi connectivity index (χ0n) is 8.47. The Bertz CT molecular complexity index is 166. The molecular formula is C9H19N3O. The van der Waals surface area contributed by atoms with Crippen molar-refractivity contribution >= 4 is 6.03 Å². The molecule has 1 rings (SSSR count). The smallest absolute Gasteiger partial charge is 0.317 e. The van der Waals surface area contributed by atoms with E-state index in [1.54, 1.807) is 4.90 Å². The molecule has 4 nitrogen and oxygen atoms in total. The van der Waals surface area contributed by atoms with Crippen LogP contribution in [0.5, 0.6) is 0 Å². The van der Waals surface area contributed by atoms with E-state index in [1.807, 2.05) is 14.0 Å². The lowest BCUT2D eigenvalue weighted by molar-refractivity contribution is 0.179. The summed E-state index contributed by atoms with van der Waals surface area (Å²) in [6.07, 6.45) is 2.27. The highest BCUT2D eigenvalue weighted by atomic mass is 16.2. The normalized spacial score (nSPS) is 22.5. The maximum absolute atomic E-state index is 11.4. The molecule has 13 heavy (non-hydrogen) atoms. The Labute approximate surface area is 79.7 Å². The number of nitrogens with one attached hydrogen (secondary N) is 2. The Kier molecular flexibility index (Phi) is 4.02. The third-order valence-electron chi connectivity index (χ3n) is 2.47. The van der Waals surface area contributed by atoms with Crippen LogP contribution in [0, 0.1) is 0 Å². The van der Waals surface area contributed by atoms with Crippen molar-refractivity contribution in [3.8, 4) is 0 Å². The summed E-state index contributed by atoms with van der Waals surface area (Å²) in [5.74, 6) is 0. The second kappa shape index (κ2) is 5.07. The molecule has 0 bridgehead atoms. The molecule has 0 aromatic rings. The summed E-state index contributed by atoms with van der Waals surface area (Å²) in [5.41, 5.74) is 0. The second-order valence-corrected chi connectivity index (χ2v) is 3.45. The Morgan fingerprint density at radius 2 is 2.46 bits per heavy atom. The highest BCUT2D eigenvalue weighted by Crippen LogP contribution is 2.07. The largest absolute Gasteiger partial charge is 0.338 e. The van der Waals surface area contributed by atoms with Gasteiger partial charge in [0.05, 0.1) is 0 Å². The molecule has 1 fully saturated rings. The number of carbonyl (C=O) groups excluding carboxylic acids is 1. The van der Waals surface area contributed by atoms with Gasteiger partial charge in [0.1, 0.15) is 0 Å². The first-order valence-corrected chi connectivity index (χ1v) is 4.97. The van der Waals surface area contributed by atoms with E-state index in [2.05, 4.69) is 10.6 Å². The summed E-state index contributed by atoms with van der Waals surface area (Å²) in [6.45, 7) is 4.64. The van der Waals surface area contributed by atoms with Gasteiger partial charge in [-0.05, 0) is 26.3 Å². The van der Waals surface area contributed by atoms with Crippen molar-refractivity contribution in [1.29, 1.82) is 0 Å². The first-order chi connectivity index (χ1) is 6.25. The Balaban J connectivity index is 2.35. The molecule has 2 N–H and O–H groups in total. The third-order valence-corrected chi connectivity index (χ3v) is 2.47. The molecule has 0 radical (unpaired) electrons. The monoisotopic (exact) mass is 185 g/mol. The van der Waals surface area contributed by atoms with Crippen LogP contribution in [0.25, 0.3) is 0 Å². The van der Waals surface area contributed by atoms with Gasteiger partial charge in [-0.2, -0.15) is 0 Å².